The number of primary amides is 1. The van der Waals surface area contributed by atoms with Gasteiger partial charge in [-0.25, -0.2) is 4.39 Å². The summed E-state index contributed by atoms with van der Waals surface area (Å²) >= 11 is 0. The summed E-state index contributed by atoms with van der Waals surface area (Å²) in [5.74, 6) is -1.40. The lowest BCUT2D eigenvalue weighted by molar-refractivity contribution is 0.0996. The van der Waals surface area contributed by atoms with Crippen LogP contribution in [-0.4, -0.2) is 15.7 Å². The third-order valence-electron chi connectivity index (χ3n) is 3.61. The molecule has 2 rings (SSSR count). The highest BCUT2D eigenvalue weighted by Gasteiger charge is 2.17. The second-order valence-electron chi connectivity index (χ2n) is 5.13. The maximum absolute atomic E-state index is 13.5. The average molecular weight is 290 g/mol. The highest BCUT2D eigenvalue weighted by molar-refractivity contribution is 5.94. The molecule has 112 valence electrons. The van der Waals surface area contributed by atoms with Gasteiger partial charge in [-0.1, -0.05) is 0 Å². The molecule has 21 heavy (non-hydrogen) atoms. The highest BCUT2D eigenvalue weighted by atomic mass is 19.1. The SMILES string of the molecule is Cc1nn(C)c(C)c1C(C)Nc1ccc(F)c(C(N)=O)c1. The van der Waals surface area contributed by atoms with Crippen LogP contribution >= 0.6 is 0 Å². The van der Waals surface area contributed by atoms with Gasteiger partial charge < -0.3 is 11.1 Å². The molecule has 0 saturated heterocycles. The lowest BCUT2D eigenvalue weighted by Crippen LogP contribution is -2.14. The van der Waals surface area contributed by atoms with E-state index in [1.807, 2.05) is 32.5 Å². The fourth-order valence-corrected chi connectivity index (χ4v) is 2.54. The van der Waals surface area contributed by atoms with Crippen molar-refractivity contribution in [1.29, 1.82) is 0 Å². The summed E-state index contributed by atoms with van der Waals surface area (Å²) in [6, 6.07) is 4.22. The summed E-state index contributed by atoms with van der Waals surface area (Å²) in [6.45, 7) is 5.93. The summed E-state index contributed by atoms with van der Waals surface area (Å²) in [6.07, 6.45) is 0. The molecular formula is C15H19FN4O. The molecule has 3 N–H and O–H groups in total. The number of rotatable bonds is 4. The van der Waals surface area contributed by atoms with Crippen molar-refractivity contribution in [3.05, 3.63) is 46.5 Å². The first-order valence-electron chi connectivity index (χ1n) is 6.67. The first-order valence-corrected chi connectivity index (χ1v) is 6.67. The number of nitrogens with one attached hydrogen (secondary N) is 1. The molecule has 1 aromatic carbocycles. The standard InChI is InChI=1S/C15H19FN4O/c1-8(14-9(2)19-20(4)10(14)3)18-11-5-6-13(16)12(7-11)15(17)21/h5-8,18H,1-4H3,(H2,17,21). The molecule has 1 atom stereocenters. The van der Waals surface area contributed by atoms with Gasteiger partial charge in [0, 0.05) is 24.0 Å². The predicted molar refractivity (Wildman–Crippen MR) is 79.6 cm³/mol. The van der Waals surface area contributed by atoms with Crippen LogP contribution in [0.1, 0.15) is 40.3 Å². The summed E-state index contributed by atoms with van der Waals surface area (Å²) in [4.78, 5) is 11.2. The van der Waals surface area contributed by atoms with Gasteiger partial charge in [-0.15, -0.1) is 0 Å². The number of hydrogen-bond acceptors (Lipinski definition) is 3. The molecule has 1 unspecified atom stereocenters. The molecule has 1 aromatic heterocycles. The Kier molecular flexibility index (Phi) is 3.97. The van der Waals surface area contributed by atoms with Gasteiger partial charge in [0.1, 0.15) is 5.82 Å². The van der Waals surface area contributed by atoms with Gasteiger partial charge >= 0.3 is 0 Å². The van der Waals surface area contributed by atoms with Crippen molar-refractivity contribution < 1.29 is 9.18 Å². The maximum atomic E-state index is 13.5. The molecule has 1 amide bonds. The molecule has 5 nitrogen and oxygen atoms in total. The second kappa shape index (κ2) is 5.55. The monoisotopic (exact) mass is 290 g/mol. The Morgan fingerprint density at radius 1 is 1.43 bits per heavy atom. The number of nitrogens with two attached hydrogens (primary N) is 1. The number of hydrogen-bond donors (Lipinski definition) is 2. The van der Waals surface area contributed by atoms with E-state index in [2.05, 4.69) is 10.4 Å². The third kappa shape index (κ3) is 2.89. The van der Waals surface area contributed by atoms with Gasteiger partial charge in [-0.3, -0.25) is 9.48 Å². The Hall–Kier alpha value is -2.37. The quantitative estimate of drug-likeness (QED) is 0.908. The van der Waals surface area contributed by atoms with Crippen LogP contribution in [0.4, 0.5) is 10.1 Å². The van der Waals surface area contributed by atoms with Gasteiger partial charge in [0.05, 0.1) is 17.3 Å². The van der Waals surface area contributed by atoms with Crippen LogP contribution in [0.15, 0.2) is 18.2 Å². The predicted octanol–water partition coefficient (Wildman–Crippen LogP) is 2.45. The normalized spacial score (nSPS) is 12.2. The smallest absolute Gasteiger partial charge is 0.251 e. The summed E-state index contributed by atoms with van der Waals surface area (Å²) in [5.41, 5.74) is 8.76. The molecule has 2 aromatic rings. The molecule has 0 aliphatic carbocycles. The van der Waals surface area contributed by atoms with Gasteiger partial charge in [0.25, 0.3) is 5.91 Å². The van der Waals surface area contributed by atoms with Gasteiger partial charge in [0.15, 0.2) is 0 Å². The van der Waals surface area contributed by atoms with Crippen molar-refractivity contribution in [2.24, 2.45) is 12.8 Å². The third-order valence-corrected chi connectivity index (χ3v) is 3.61. The second-order valence-corrected chi connectivity index (χ2v) is 5.13. The van der Waals surface area contributed by atoms with Crippen molar-refractivity contribution in [2.45, 2.75) is 26.8 Å². The average Bonchev–Trinajstić information content (AvgIpc) is 2.65. The number of aryl methyl sites for hydroxylation is 2. The van der Waals surface area contributed by atoms with Crippen molar-refractivity contribution in [3.63, 3.8) is 0 Å². The molecule has 0 aliphatic heterocycles. The Morgan fingerprint density at radius 2 is 2.10 bits per heavy atom. The van der Waals surface area contributed by atoms with Crippen molar-refractivity contribution in [3.8, 4) is 0 Å². The van der Waals surface area contributed by atoms with E-state index < -0.39 is 11.7 Å². The number of carbonyl (C=O) groups excluding carboxylic acids is 1. The number of benzene rings is 1. The number of amides is 1. The Labute approximate surface area is 123 Å². The van der Waals surface area contributed by atoms with E-state index in [4.69, 9.17) is 5.73 Å². The minimum absolute atomic E-state index is 0.0233. The topological polar surface area (TPSA) is 72.9 Å². The highest BCUT2D eigenvalue weighted by Crippen LogP contribution is 2.25. The number of anilines is 1. The Bertz CT molecular complexity index is 693. The molecule has 0 spiro atoms. The van der Waals surface area contributed by atoms with E-state index in [1.54, 1.807) is 6.07 Å². The minimum atomic E-state index is -0.780. The maximum Gasteiger partial charge on any atom is 0.251 e. The molecule has 0 bridgehead atoms. The Morgan fingerprint density at radius 3 is 2.62 bits per heavy atom. The fourth-order valence-electron chi connectivity index (χ4n) is 2.54. The molecule has 0 radical (unpaired) electrons. The van der Waals surface area contributed by atoms with Crippen LogP contribution in [0.2, 0.25) is 0 Å². The molecule has 6 heteroatoms. The summed E-state index contributed by atoms with van der Waals surface area (Å²) in [5, 5.41) is 7.62. The molecule has 0 aliphatic rings. The zero-order chi connectivity index (χ0) is 15.7. The van der Waals surface area contributed by atoms with E-state index >= 15 is 0 Å². The minimum Gasteiger partial charge on any atom is -0.378 e. The number of nitrogens with zero attached hydrogens (tertiary/aromatic N) is 2. The van der Waals surface area contributed by atoms with Crippen molar-refractivity contribution in [2.75, 3.05) is 5.32 Å². The first-order chi connectivity index (χ1) is 9.81. The van der Waals surface area contributed by atoms with Crippen molar-refractivity contribution in [1.82, 2.24) is 9.78 Å². The largest absolute Gasteiger partial charge is 0.378 e. The van der Waals surface area contributed by atoms with E-state index in [0.717, 1.165) is 17.0 Å². The van der Waals surface area contributed by atoms with Crippen LogP contribution in [0.5, 0.6) is 0 Å². The summed E-state index contributed by atoms with van der Waals surface area (Å²) in [7, 11) is 1.89. The van der Waals surface area contributed by atoms with Crippen LogP contribution in [0.25, 0.3) is 0 Å². The van der Waals surface area contributed by atoms with E-state index in [0.29, 0.717) is 5.69 Å². The first kappa shape index (κ1) is 15.0. The van der Waals surface area contributed by atoms with Gasteiger partial charge in [0.2, 0.25) is 0 Å². The fraction of sp³-hybridized carbons (Fsp3) is 0.333. The molecule has 0 fully saturated rings. The van der Waals surface area contributed by atoms with Crippen molar-refractivity contribution >= 4 is 11.6 Å². The van der Waals surface area contributed by atoms with E-state index in [9.17, 15) is 9.18 Å². The number of aromatic nitrogens is 2. The van der Waals surface area contributed by atoms with E-state index in [-0.39, 0.29) is 11.6 Å². The zero-order valence-corrected chi connectivity index (χ0v) is 12.6. The van der Waals surface area contributed by atoms with Gasteiger partial charge in [-0.05, 0) is 39.0 Å². The zero-order valence-electron chi connectivity index (χ0n) is 12.6. The lowest BCUT2D eigenvalue weighted by atomic mass is 10.1. The van der Waals surface area contributed by atoms with Crippen LogP contribution in [0.3, 0.4) is 0 Å². The molecule has 1 heterocycles. The number of carbonyl (C=O) groups is 1. The number of halogens is 1. The van der Waals surface area contributed by atoms with Crippen LogP contribution in [-0.2, 0) is 7.05 Å². The molecular weight excluding hydrogens is 271 g/mol. The van der Waals surface area contributed by atoms with Crippen LogP contribution in [0, 0.1) is 19.7 Å². The summed E-state index contributed by atoms with van der Waals surface area (Å²) < 4.78 is 15.3. The van der Waals surface area contributed by atoms with E-state index in [1.165, 1.54) is 12.1 Å². The molecule has 0 saturated carbocycles. The van der Waals surface area contributed by atoms with Crippen LogP contribution < -0.4 is 11.1 Å². The Balaban J connectivity index is 2.29. The van der Waals surface area contributed by atoms with Gasteiger partial charge in [-0.2, -0.15) is 5.10 Å². The lowest BCUT2D eigenvalue weighted by Gasteiger charge is -2.17.